The predicted octanol–water partition coefficient (Wildman–Crippen LogP) is 3.06. The number of nitrogens with zero attached hydrogens (tertiary/aromatic N) is 1. The van der Waals surface area contributed by atoms with E-state index in [1.807, 2.05) is 24.3 Å². The van der Waals surface area contributed by atoms with Gasteiger partial charge in [-0.1, -0.05) is 6.42 Å². The number of unbranched alkanes of at least 4 members (excludes halogenated alkanes) is 3. The first-order chi connectivity index (χ1) is 13.8. The van der Waals surface area contributed by atoms with Crippen LogP contribution >= 0.6 is 35.3 Å². The number of rotatable bonds is 15. The summed E-state index contributed by atoms with van der Waals surface area (Å²) in [4.78, 5) is 20.3. The molecule has 29 heavy (non-hydrogen) atoms. The molecule has 0 rings (SSSR count). The third kappa shape index (κ3) is 32.3. The first-order valence-electron chi connectivity index (χ1n) is 9.37. The van der Waals surface area contributed by atoms with E-state index in [9.17, 15) is 9.59 Å². The lowest BCUT2D eigenvalue weighted by Gasteiger charge is -2.04. The minimum Gasteiger partial charge on any atom is -0.480 e. The topological polar surface area (TPSA) is 159 Å². The third-order valence-electron chi connectivity index (χ3n) is 3.39. The van der Waals surface area contributed by atoms with Gasteiger partial charge in [0.2, 0.25) is 0 Å². The molecule has 0 bridgehead atoms. The van der Waals surface area contributed by atoms with Gasteiger partial charge >= 0.3 is 11.9 Å². The van der Waals surface area contributed by atoms with Crippen LogP contribution in [0, 0.1) is 0 Å². The molecule has 2 atom stereocenters. The highest BCUT2D eigenvalue weighted by molar-refractivity contribution is 7.98. The maximum Gasteiger partial charge on any atom is 0.320 e. The second kappa shape index (κ2) is 27.4. The lowest BCUT2D eigenvalue weighted by molar-refractivity contribution is -0.139. The summed E-state index contributed by atoms with van der Waals surface area (Å²) in [5.41, 5.74) is 10.5. The molecule has 2 unspecified atom stereocenters. The van der Waals surface area contributed by atoms with Crippen LogP contribution in [0.5, 0.6) is 0 Å². The number of nitrogens with two attached hydrogens (primary N) is 2. The van der Waals surface area contributed by atoms with Crippen molar-refractivity contribution in [1.29, 1.82) is 0 Å². The van der Waals surface area contributed by atoms with E-state index in [1.54, 1.807) is 29.7 Å². The minimum absolute atomic E-state index is 0.552. The van der Waals surface area contributed by atoms with Crippen LogP contribution in [-0.2, 0) is 9.59 Å². The van der Waals surface area contributed by atoms with Gasteiger partial charge in [0, 0.05) is 6.21 Å². The number of thioether (sulfide) groups is 3. The fourth-order valence-corrected chi connectivity index (χ4v) is 3.12. The summed E-state index contributed by atoms with van der Waals surface area (Å²) in [6.45, 7) is 0. The number of carboxylic acid groups (broad SMARTS) is 2. The van der Waals surface area contributed by atoms with E-state index >= 15 is 0 Å². The average molecular weight is 474 g/mol. The van der Waals surface area contributed by atoms with E-state index in [2.05, 4.69) is 11.4 Å². The van der Waals surface area contributed by atoms with Gasteiger partial charge in [-0.25, -0.2) is 0 Å². The summed E-state index contributed by atoms with van der Waals surface area (Å²) < 4.78 is 0. The molecule has 174 valence electrons. The van der Waals surface area contributed by atoms with Crippen LogP contribution < -0.4 is 11.5 Å². The minimum atomic E-state index is -0.913. The molecule has 0 aromatic rings. The molecule has 0 aliphatic rings. The Morgan fingerprint density at radius 1 is 0.828 bits per heavy atom. The van der Waals surface area contributed by atoms with Gasteiger partial charge in [0.25, 0.3) is 0 Å². The molecule has 0 fully saturated rings. The number of carboxylic acids is 2. The van der Waals surface area contributed by atoms with Crippen molar-refractivity contribution in [3.05, 3.63) is 0 Å². The Bertz CT molecular complexity index is 405. The Kier molecular flexibility index (Phi) is 31.2. The summed E-state index contributed by atoms with van der Waals surface area (Å²) in [5, 5.41) is 27.6. The van der Waals surface area contributed by atoms with Crippen LogP contribution in [-0.4, -0.2) is 81.7 Å². The van der Waals surface area contributed by atoms with Gasteiger partial charge in [0.15, 0.2) is 0 Å². The molecule has 11 heteroatoms. The number of hydrogen-bond acceptors (Lipinski definition) is 9. The fourth-order valence-electron chi connectivity index (χ4n) is 1.64. The predicted molar refractivity (Wildman–Crippen MR) is 129 cm³/mol. The second-order valence-corrected chi connectivity index (χ2v) is 8.90. The van der Waals surface area contributed by atoms with E-state index in [4.69, 9.17) is 26.9 Å². The van der Waals surface area contributed by atoms with Gasteiger partial charge in [0.05, 0.1) is 0 Å². The van der Waals surface area contributed by atoms with Crippen LogP contribution in [0.3, 0.4) is 0 Å². The maximum absolute atomic E-state index is 10.2. The van der Waals surface area contributed by atoms with E-state index in [-0.39, 0.29) is 0 Å². The lowest BCUT2D eigenvalue weighted by atomic mass is 10.1. The standard InChI is InChI=1S/C7H15NO2S.C6H13NOS.C5H11NO2S/c1-11-5-3-2-4-6(8)7(9)10;1-9-6-4-2-3-5-7-8;1-9-3-2-4(6)5(7)8/h6H,2-5,8H2,1H3,(H,9,10);5,8H,2-4,6H2,1H3;4H,2-3,6H2,1H3,(H,7,8)/b;7-5-;. The van der Waals surface area contributed by atoms with Gasteiger partial charge < -0.3 is 26.9 Å². The highest BCUT2D eigenvalue weighted by Gasteiger charge is 2.09. The van der Waals surface area contributed by atoms with Crippen LogP contribution in [0.2, 0.25) is 0 Å². The molecule has 0 aliphatic heterocycles. The monoisotopic (exact) mass is 473 g/mol. The van der Waals surface area contributed by atoms with Crippen LogP contribution in [0.1, 0.15) is 44.9 Å². The summed E-state index contributed by atoms with van der Waals surface area (Å²) in [6, 6.07) is -1.35. The average Bonchev–Trinajstić information content (AvgIpc) is 2.70. The van der Waals surface area contributed by atoms with Gasteiger partial charge in [-0.15, -0.1) is 5.16 Å². The number of aliphatic carboxylic acids is 2. The fraction of sp³-hybridized carbons (Fsp3) is 0.833. The Morgan fingerprint density at radius 2 is 1.28 bits per heavy atom. The highest BCUT2D eigenvalue weighted by atomic mass is 32.2. The lowest BCUT2D eigenvalue weighted by Crippen LogP contribution is -2.30. The largest absolute Gasteiger partial charge is 0.480 e. The van der Waals surface area contributed by atoms with Gasteiger partial charge in [-0.3, -0.25) is 9.59 Å². The van der Waals surface area contributed by atoms with Gasteiger partial charge in [-0.2, -0.15) is 35.3 Å². The zero-order valence-electron chi connectivity index (χ0n) is 17.8. The zero-order valence-corrected chi connectivity index (χ0v) is 20.2. The van der Waals surface area contributed by atoms with Crippen molar-refractivity contribution in [3.8, 4) is 0 Å². The maximum atomic E-state index is 10.2. The summed E-state index contributed by atoms with van der Waals surface area (Å²) in [6.07, 6.45) is 14.0. The summed E-state index contributed by atoms with van der Waals surface area (Å²) in [5.74, 6) is 1.30. The molecule has 0 aromatic carbocycles. The Hall–Kier alpha value is -0.620. The molecule has 0 aromatic heterocycles. The van der Waals surface area contributed by atoms with Crippen molar-refractivity contribution in [1.82, 2.24) is 0 Å². The van der Waals surface area contributed by atoms with E-state index in [0.29, 0.717) is 12.8 Å². The number of oxime groups is 1. The molecule has 0 heterocycles. The first kappa shape index (κ1) is 33.0. The van der Waals surface area contributed by atoms with E-state index < -0.39 is 24.0 Å². The zero-order chi connectivity index (χ0) is 22.9. The SMILES string of the molecule is CSCCC(N)C(=O)O.CSCCCC/C=N\O.CSCCCCC(N)C(=O)O. The van der Waals surface area contributed by atoms with Crippen molar-refractivity contribution >= 4 is 53.4 Å². The summed E-state index contributed by atoms with van der Waals surface area (Å²) in [7, 11) is 0. The molecule has 7 N–H and O–H groups in total. The van der Waals surface area contributed by atoms with Gasteiger partial charge in [0.1, 0.15) is 12.1 Å². The van der Waals surface area contributed by atoms with Crippen molar-refractivity contribution in [2.75, 3.05) is 36.0 Å². The highest BCUT2D eigenvalue weighted by Crippen LogP contribution is 2.04. The van der Waals surface area contributed by atoms with Crippen molar-refractivity contribution in [2.24, 2.45) is 16.6 Å². The Balaban J connectivity index is -0.000000352. The van der Waals surface area contributed by atoms with Crippen LogP contribution in [0.4, 0.5) is 0 Å². The quantitative estimate of drug-likeness (QED) is 0.103. The molecule has 0 aliphatic carbocycles. The van der Waals surface area contributed by atoms with Gasteiger partial charge in [-0.05, 0) is 74.6 Å². The van der Waals surface area contributed by atoms with E-state index in [1.165, 1.54) is 12.2 Å². The van der Waals surface area contributed by atoms with E-state index in [0.717, 1.165) is 37.2 Å². The molecular weight excluding hydrogens is 434 g/mol. The molecule has 0 saturated heterocycles. The molecule has 0 saturated carbocycles. The number of hydrogen-bond donors (Lipinski definition) is 5. The Morgan fingerprint density at radius 3 is 1.69 bits per heavy atom. The molecular formula is C18H39N3O5S3. The molecule has 0 radical (unpaired) electrons. The molecule has 8 nitrogen and oxygen atoms in total. The van der Waals surface area contributed by atoms with Crippen LogP contribution in [0.25, 0.3) is 0 Å². The molecule has 0 amide bonds. The van der Waals surface area contributed by atoms with Crippen molar-refractivity contribution < 1.29 is 25.0 Å². The Labute approximate surface area is 188 Å². The third-order valence-corrected chi connectivity index (χ3v) is 5.43. The normalized spacial score (nSPS) is 12.3. The molecule has 0 spiro atoms. The van der Waals surface area contributed by atoms with Crippen LogP contribution in [0.15, 0.2) is 5.16 Å². The number of carbonyl (C=O) groups is 2. The van der Waals surface area contributed by atoms with Crippen molar-refractivity contribution in [3.63, 3.8) is 0 Å². The second-order valence-electron chi connectivity index (χ2n) is 5.95. The summed E-state index contributed by atoms with van der Waals surface area (Å²) >= 11 is 5.23. The first-order valence-corrected chi connectivity index (χ1v) is 13.6. The van der Waals surface area contributed by atoms with Crippen molar-refractivity contribution in [2.45, 2.75) is 57.0 Å². The smallest absolute Gasteiger partial charge is 0.320 e.